The van der Waals surface area contributed by atoms with Crippen molar-refractivity contribution in [2.45, 2.75) is 40.3 Å². The third-order valence-electron chi connectivity index (χ3n) is 5.18. The molecule has 7 nitrogen and oxygen atoms in total. The second-order valence-electron chi connectivity index (χ2n) is 7.28. The number of pyridine rings is 1. The first-order valence-electron chi connectivity index (χ1n) is 9.90. The van der Waals surface area contributed by atoms with Gasteiger partial charge in [0, 0.05) is 18.1 Å². The van der Waals surface area contributed by atoms with Gasteiger partial charge >= 0.3 is 0 Å². The molecule has 0 fully saturated rings. The minimum atomic E-state index is 0.376. The molecule has 5 rings (SSSR count). The molecule has 152 valence electrons. The molecule has 4 aromatic rings. The summed E-state index contributed by atoms with van der Waals surface area (Å²) in [6, 6.07) is 3.96. The van der Waals surface area contributed by atoms with Crippen LogP contribution in [0.4, 0.5) is 5.82 Å². The summed E-state index contributed by atoms with van der Waals surface area (Å²) in [6.07, 6.45) is 6.80. The Labute approximate surface area is 182 Å². The summed E-state index contributed by atoms with van der Waals surface area (Å²) in [7, 11) is 0. The van der Waals surface area contributed by atoms with E-state index in [2.05, 4.69) is 33.4 Å². The summed E-state index contributed by atoms with van der Waals surface area (Å²) in [5, 5.41) is 6.24. The maximum Gasteiger partial charge on any atom is 0.266 e. The SMILES string of the molecule is CCCn1c(C[N+]2(c3csc(C)n3)C=CN=C2c2csc(C)n2)nc2cccnc21. The van der Waals surface area contributed by atoms with E-state index < -0.39 is 0 Å². The van der Waals surface area contributed by atoms with Gasteiger partial charge in [0.15, 0.2) is 23.7 Å². The predicted octanol–water partition coefficient (Wildman–Crippen LogP) is 4.81. The zero-order valence-corrected chi connectivity index (χ0v) is 18.7. The van der Waals surface area contributed by atoms with Crippen LogP contribution in [0.5, 0.6) is 0 Å². The van der Waals surface area contributed by atoms with Crippen molar-refractivity contribution in [1.82, 2.24) is 29.0 Å². The van der Waals surface area contributed by atoms with E-state index in [4.69, 9.17) is 19.9 Å². The highest BCUT2D eigenvalue weighted by atomic mass is 32.1. The van der Waals surface area contributed by atoms with Crippen LogP contribution in [0, 0.1) is 13.8 Å². The summed E-state index contributed by atoms with van der Waals surface area (Å²) in [4.78, 5) is 23.9. The number of quaternary nitrogens is 1. The largest absolute Gasteiger partial charge is 0.308 e. The van der Waals surface area contributed by atoms with E-state index in [0.29, 0.717) is 11.0 Å². The van der Waals surface area contributed by atoms with Crippen molar-refractivity contribution in [1.29, 1.82) is 0 Å². The Hall–Kier alpha value is -2.75. The molecule has 1 unspecified atom stereocenters. The highest BCUT2D eigenvalue weighted by Gasteiger charge is 2.44. The summed E-state index contributed by atoms with van der Waals surface area (Å²) in [5.74, 6) is 2.80. The first kappa shape index (κ1) is 19.2. The molecule has 1 aliphatic rings. The van der Waals surface area contributed by atoms with Crippen molar-refractivity contribution in [3.63, 3.8) is 0 Å². The predicted molar refractivity (Wildman–Crippen MR) is 123 cm³/mol. The van der Waals surface area contributed by atoms with Gasteiger partial charge in [0.1, 0.15) is 11.7 Å². The Balaban J connectivity index is 1.68. The van der Waals surface area contributed by atoms with Crippen LogP contribution in [-0.4, -0.2) is 30.3 Å². The lowest BCUT2D eigenvalue weighted by Crippen LogP contribution is -2.48. The zero-order valence-electron chi connectivity index (χ0n) is 17.1. The first-order chi connectivity index (χ1) is 14.6. The normalized spacial score (nSPS) is 18.4. The van der Waals surface area contributed by atoms with Gasteiger partial charge in [-0.2, -0.15) is 14.5 Å². The highest BCUT2D eigenvalue weighted by molar-refractivity contribution is 7.10. The lowest BCUT2D eigenvalue weighted by atomic mass is 10.3. The van der Waals surface area contributed by atoms with E-state index in [1.165, 1.54) is 0 Å². The third kappa shape index (κ3) is 3.10. The zero-order chi connectivity index (χ0) is 20.7. The van der Waals surface area contributed by atoms with Crippen molar-refractivity contribution in [2.75, 3.05) is 0 Å². The van der Waals surface area contributed by atoms with Crippen LogP contribution in [-0.2, 0) is 13.1 Å². The lowest BCUT2D eigenvalue weighted by molar-refractivity contribution is 0.490. The summed E-state index contributed by atoms with van der Waals surface area (Å²) in [6.45, 7) is 7.69. The van der Waals surface area contributed by atoms with Gasteiger partial charge in [0.05, 0.1) is 21.6 Å². The van der Waals surface area contributed by atoms with Crippen molar-refractivity contribution in [3.8, 4) is 0 Å². The average molecular weight is 437 g/mol. The molecule has 0 amide bonds. The van der Waals surface area contributed by atoms with Crippen LogP contribution >= 0.6 is 22.7 Å². The second kappa shape index (κ2) is 7.50. The topological polar surface area (TPSA) is 68.8 Å². The summed E-state index contributed by atoms with van der Waals surface area (Å²) >= 11 is 3.28. The molecule has 1 atom stereocenters. The molecular weight excluding hydrogens is 414 g/mol. The number of imidazole rings is 1. The molecule has 0 bridgehead atoms. The first-order valence-corrected chi connectivity index (χ1v) is 11.7. The Morgan fingerprint density at radius 2 is 1.90 bits per heavy atom. The molecule has 4 aromatic heterocycles. The van der Waals surface area contributed by atoms with Crippen LogP contribution in [0.3, 0.4) is 0 Å². The minimum Gasteiger partial charge on any atom is -0.308 e. The van der Waals surface area contributed by atoms with E-state index in [1.807, 2.05) is 38.4 Å². The Morgan fingerprint density at radius 3 is 2.63 bits per heavy atom. The number of fused-ring (bicyclic) bond motifs is 1. The number of aryl methyl sites for hydroxylation is 3. The fraction of sp³-hybridized carbons (Fsp3) is 0.286. The molecular formula is C21H22N7S2+. The van der Waals surface area contributed by atoms with Gasteiger partial charge in [-0.05, 0) is 32.4 Å². The molecule has 0 aliphatic carbocycles. The van der Waals surface area contributed by atoms with Gasteiger partial charge in [-0.25, -0.2) is 15.0 Å². The number of aromatic nitrogens is 5. The Morgan fingerprint density at radius 1 is 1.07 bits per heavy atom. The Kier molecular flexibility index (Phi) is 4.80. The van der Waals surface area contributed by atoms with Crippen molar-refractivity contribution < 1.29 is 0 Å². The lowest BCUT2D eigenvalue weighted by Gasteiger charge is -2.28. The number of thiazole rings is 2. The van der Waals surface area contributed by atoms with Gasteiger partial charge in [0.25, 0.3) is 5.84 Å². The number of rotatable bonds is 6. The summed E-state index contributed by atoms with van der Waals surface area (Å²) < 4.78 is 2.60. The molecule has 0 spiro atoms. The molecule has 0 saturated heterocycles. The van der Waals surface area contributed by atoms with E-state index in [-0.39, 0.29) is 0 Å². The van der Waals surface area contributed by atoms with E-state index in [0.717, 1.165) is 57.3 Å². The molecule has 30 heavy (non-hydrogen) atoms. The monoisotopic (exact) mass is 436 g/mol. The number of amidine groups is 1. The highest BCUT2D eigenvalue weighted by Crippen LogP contribution is 2.35. The van der Waals surface area contributed by atoms with E-state index in [1.54, 1.807) is 22.7 Å². The van der Waals surface area contributed by atoms with Crippen LogP contribution in [0.15, 0.2) is 46.5 Å². The second-order valence-corrected chi connectivity index (χ2v) is 9.40. The minimum absolute atomic E-state index is 0.376. The van der Waals surface area contributed by atoms with Gasteiger partial charge < -0.3 is 4.57 Å². The van der Waals surface area contributed by atoms with Gasteiger partial charge in [0.2, 0.25) is 5.82 Å². The van der Waals surface area contributed by atoms with Crippen LogP contribution in [0.2, 0.25) is 0 Å². The maximum atomic E-state index is 4.96. The van der Waals surface area contributed by atoms with Crippen molar-refractivity contribution in [2.24, 2.45) is 4.99 Å². The fourth-order valence-electron chi connectivity index (χ4n) is 3.86. The standard InChI is InChI=1S/C21H22N7S2/c1-4-9-27-18(26-16-6-5-7-22-20(16)27)11-28(19-13-30-15(3)25-19)10-8-23-21(28)17-12-29-14(2)24-17/h5-8,10,12-13H,4,9,11H2,1-3H3/q+1. The van der Waals surface area contributed by atoms with E-state index in [9.17, 15) is 0 Å². The number of nitrogens with zero attached hydrogens (tertiary/aromatic N) is 7. The quantitative estimate of drug-likeness (QED) is 0.407. The summed E-state index contributed by atoms with van der Waals surface area (Å²) in [5.41, 5.74) is 2.73. The number of aliphatic imine (C=N–C) groups is 1. The molecule has 0 radical (unpaired) electrons. The van der Waals surface area contributed by atoms with Gasteiger partial charge in [-0.3, -0.25) is 0 Å². The molecule has 9 heteroatoms. The maximum absolute atomic E-state index is 4.96. The molecule has 0 N–H and O–H groups in total. The molecule has 0 saturated carbocycles. The van der Waals surface area contributed by atoms with Crippen LogP contribution in [0.25, 0.3) is 11.2 Å². The van der Waals surface area contributed by atoms with E-state index >= 15 is 0 Å². The average Bonchev–Trinajstić information content (AvgIpc) is 3.50. The number of hydrogen-bond acceptors (Lipinski definition) is 7. The van der Waals surface area contributed by atoms with Gasteiger partial charge in [-0.15, -0.1) is 22.7 Å². The molecule has 0 aromatic carbocycles. The number of hydrogen-bond donors (Lipinski definition) is 0. The van der Waals surface area contributed by atoms with Crippen LogP contribution in [0.1, 0.15) is 34.9 Å². The van der Waals surface area contributed by atoms with Crippen LogP contribution < -0.4 is 4.48 Å². The van der Waals surface area contributed by atoms with Crippen molar-refractivity contribution in [3.05, 3.63) is 63.0 Å². The van der Waals surface area contributed by atoms with Gasteiger partial charge in [-0.1, -0.05) is 6.92 Å². The smallest absolute Gasteiger partial charge is 0.266 e. The van der Waals surface area contributed by atoms with Crippen molar-refractivity contribution >= 4 is 45.5 Å². The molecule has 5 heterocycles. The third-order valence-corrected chi connectivity index (χ3v) is 6.72. The Bertz CT molecular complexity index is 1280. The molecule has 1 aliphatic heterocycles. The fourth-order valence-corrected chi connectivity index (χ4v) is 5.12.